The standard InChI is InChI=1S/C20H18N6O4/c21-11-3-13-25(12-2-6-20(27)28)16-9-7-15(8-10-16)23-24-18-4-1-5-19(26(29)30)17(18)14-22/h1,4-5,7-10H,2-3,6,12-13H2,(H,27,28)/p-1. The van der Waals surface area contributed by atoms with Gasteiger partial charge in [-0.25, -0.2) is 0 Å². The molecule has 10 nitrogen and oxygen atoms in total. The van der Waals surface area contributed by atoms with Crippen LogP contribution in [0.15, 0.2) is 52.7 Å². The SMILES string of the molecule is N#CCCN(CCCC(=O)[O-])c1ccc(N=Nc2cccc([N+](=O)[O-])c2C#N)cc1. The predicted molar refractivity (Wildman–Crippen MR) is 105 cm³/mol. The van der Waals surface area contributed by atoms with Gasteiger partial charge in [0.1, 0.15) is 11.8 Å². The number of anilines is 1. The summed E-state index contributed by atoms with van der Waals surface area (Å²) in [5, 5.41) is 47.6. The number of carboxylic acids is 1. The molecule has 2 rings (SSSR count). The number of carbonyl (C=O) groups is 1. The Morgan fingerprint density at radius 1 is 1.10 bits per heavy atom. The number of nitrogens with zero attached hydrogens (tertiary/aromatic N) is 6. The number of nitriles is 2. The van der Waals surface area contributed by atoms with Crippen LogP contribution in [-0.4, -0.2) is 24.0 Å². The highest BCUT2D eigenvalue weighted by molar-refractivity contribution is 5.64. The largest absolute Gasteiger partial charge is 0.550 e. The molecule has 0 spiro atoms. The molecule has 0 aliphatic rings. The lowest BCUT2D eigenvalue weighted by molar-refractivity contribution is -0.385. The van der Waals surface area contributed by atoms with Gasteiger partial charge in [0.05, 0.1) is 23.1 Å². The van der Waals surface area contributed by atoms with Gasteiger partial charge in [-0.2, -0.15) is 15.6 Å². The Morgan fingerprint density at radius 3 is 2.43 bits per heavy atom. The summed E-state index contributed by atoms with van der Waals surface area (Å²) in [7, 11) is 0. The second-order valence-corrected chi connectivity index (χ2v) is 6.13. The van der Waals surface area contributed by atoms with Crippen LogP contribution >= 0.6 is 0 Å². The van der Waals surface area contributed by atoms with Crippen LogP contribution in [0.25, 0.3) is 0 Å². The van der Waals surface area contributed by atoms with Crippen molar-refractivity contribution in [3.05, 3.63) is 58.1 Å². The van der Waals surface area contributed by atoms with Crippen molar-refractivity contribution in [2.75, 3.05) is 18.0 Å². The molecule has 152 valence electrons. The average molecular weight is 405 g/mol. The third-order valence-electron chi connectivity index (χ3n) is 4.12. The molecule has 0 fully saturated rings. The van der Waals surface area contributed by atoms with Crippen molar-refractivity contribution < 1.29 is 14.8 Å². The molecule has 0 aliphatic heterocycles. The van der Waals surface area contributed by atoms with Gasteiger partial charge in [0.15, 0.2) is 5.56 Å². The highest BCUT2D eigenvalue weighted by Crippen LogP contribution is 2.29. The first-order valence-electron chi connectivity index (χ1n) is 8.97. The average Bonchev–Trinajstić information content (AvgIpc) is 2.74. The maximum absolute atomic E-state index is 11.0. The Hall–Kier alpha value is -4.31. The van der Waals surface area contributed by atoms with Gasteiger partial charge in [-0.15, -0.1) is 5.11 Å². The van der Waals surface area contributed by atoms with Crippen molar-refractivity contribution in [1.82, 2.24) is 0 Å². The number of benzene rings is 2. The summed E-state index contributed by atoms with van der Waals surface area (Å²) in [6.45, 7) is 0.902. The highest BCUT2D eigenvalue weighted by Gasteiger charge is 2.17. The normalized spacial score (nSPS) is 10.3. The van der Waals surface area contributed by atoms with E-state index in [1.165, 1.54) is 18.2 Å². The quantitative estimate of drug-likeness (QED) is 0.333. The van der Waals surface area contributed by atoms with Crippen molar-refractivity contribution in [3.63, 3.8) is 0 Å². The molecule has 0 atom stereocenters. The first kappa shape index (κ1) is 22.0. The monoisotopic (exact) mass is 405 g/mol. The summed E-state index contributed by atoms with van der Waals surface area (Å²) >= 11 is 0. The summed E-state index contributed by atoms with van der Waals surface area (Å²) in [5.41, 5.74) is 0.834. The van der Waals surface area contributed by atoms with Crippen LogP contribution in [0.1, 0.15) is 24.8 Å². The van der Waals surface area contributed by atoms with Gasteiger partial charge in [-0.1, -0.05) is 6.07 Å². The summed E-state index contributed by atoms with van der Waals surface area (Å²) in [5.74, 6) is -1.12. The van der Waals surface area contributed by atoms with Gasteiger partial charge in [-0.05, 0) is 43.2 Å². The fourth-order valence-corrected chi connectivity index (χ4v) is 2.69. The zero-order valence-corrected chi connectivity index (χ0v) is 15.9. The lowest BCUT2D eigenvalue weighted by atomic mass is 10.1. The van der Waals surface area contributed by atoms with E-state index in [2.05, 4.69) is 16.3 Å². The number of rotatable bonds is 10. The molecule has 0 radical (unpaired) electrons. The third kappa shape index (κ3) is 6.11. The summed E-state index contributed by atoms with van der Waals surface area (Å²) in [4.78, 5) is 22.9. The minimum Gasteiger partial charge on any atom is -0.550 e. The minimum atomic E-state index is -1.12. The van der Waals surface area contributed by atoms with Crippen molar-refractivity contribution in [1.29, 1.82) is 10.5 Å². The number of hydrogen-bond acceptors (Lipinski definition) is 9. The molecule has 0 saturated carbocycles. The Bertz CT molecular complexity index is 1020. The number of aliphatic carboxylic acids is 1. The number of azo groups is 1. The topological polar surface area (TPSA) is 159 Å². The molecule has 0 aromatic heterocycles. The third-order valence-corrected chi connectivity index (χ3v) is 4.12. The van der Waals surface area contributed by atoms with Gasteiger partial charge in [0, 0.05) is 30.8 Å². The van der Waals surface area contributed by atoms with Crippen LogP contribution in [-0.2, 0) is 4.79 Å². The number of nitro benzene ring substituents is 1. The molecule has 0 saturated heterocycles. The van der Waals surface area contributed by atoms with Gasteiger partial charge in [-0.3, -0.25) is 10.1 Å². The molecule has 0 bridgehead atoms. The maximum Gasteiger partial charge on any atom is 0.289 e. The first-order chi connectivity index (χ1) is 14.5. The lowest BCUT2D eigenvalue weighted by Crippen LogP contribution is -2.28. The molecule has 2 aromatic rings. The number of carboxylic acid groups (broad SMARTS) is 1. The van der Waals surface area contributed by atoms with Crippen molar-refractivity contribution in [3.8, 4) is 12.1 Å². The molecule has 0 amide bonds. The van der Waals surface area contributed by atoms with E-state index in [1.54, 1.807) is 30.3 Å². The number of carbonyl (C=O) groups excluding carboxylic acids is 1. The van der Waals surface area contributed by atoms with Crippen LogP contribution in [0, 0.1) is 32.8 Å². The van der Waals surface area contributed by atoms with Crippen molar-refractivity contribution >= 4 is 28.7 Å². The highest BCUT2D eigenvalue weighted by atomic mass is 16.6. The smallest absolute Gasteiger partial charge is 0.289 e. The molecular formula is C20H17N6O4-. The molecule has 30 heavy (non-hydrogen) atoms. The fourth-order valence-electron chi connectivity index (χ4n) is 2.69. The molecule has 0 aliphatic carbocycles. The molecule has 2 aromatic carbocycles. The number of nitro groups is 1. The van der Waals surface area contributed by atoms with Gasteiger partial charge in [0.25, 0.3) is 5.69 Å². The van der Waals surface area contributed by atoms with Crippen LogP contribution in [0.3, 0.4) is 0 Å². The molecule has 0 unspecified atom stereocenters. The zero-order valence-electron chi connectivity index (χ0n) is 15.9. The maximum atomic E-state index is 11.0. The van der Waals surface area contributed by atoms with E-state index in [4.69, 9.17) is 5.26 Å². The Balaban J connectivity index is 2.17. The minimum absolute atomic E-state index is 0.0697. The predicted octanol–water partition coefficient (Wildman–Crippen LogP) is 3.13. The fraction of sp³-hybridized carbons (Fsp3) is 0.250. The zero-order chi connectivity index (χ0) is 21.9. The van der Waals surface area contributed by atoms with Crippen LogP contribution < -0.4 is 10.0 Å². The van der Waals surface area contributed by atoms with E-state index in [1.807, 2.05) is 4.90 Å². The van der Waals surface area contributed by atoms with E-state index in [0.717, 1.165) is 5.69 Å². The van der Waals surface area contributed by atoms with Gasteiger partial charge in [0.2, 0.25) is 0 Å². The lowest BCUT2D eigenvalue weighted by Gasteiger charge is -2.24. The van der Waals surface area contributed by atoms with Crippen LogP contribution in [0.2, 0.25) is 0 Å². The van der Waals surface area contributed by atoms with E-state index < -0.39 is 10.9 Å². The van der Waals surface area contributed by atoms with E-state index in [0.29, 0.717) is 25.2 Å². The number of hydrogen-bond donors (Lipinski definition) is 0. The van der Waals surface area contributed by atoms with Crippen molar-refractivity contribution in [2.45, 2.75) is 19.3 Å². The molecular weight excluding hydrogens is 388 g/mol. The van der Waals surface area contributed by atoms with Crippen molar-refractivity contribution in [2.24, 2.45) is 10.2 Å². The molecule has 0 N–H and O–H groups in total. The second-order valence-electron chi connectivity index (χ2n) is 6.13. The molecule has 0 heterocycles. The first-order valence-corrected chi connectivity index (χ1v) is 8.97. The summed E-state index contributed by atoms with van der Waals surface area (Å²) < 4.78 is 0. The van der Waals surface area contributed by atoms with Crippen LogP contribution in [0.4, 0.5) is 22.7 Å². The van der Waals surface area contributed by atoms with Gasteiger partial charge < -0.3 is 14.8 Å². The van der Waals surface area contributed by atoms with Crippen LogP contribution in [0.5, 0.6) is 0 Å². The Morgan fingerprint density at radius 2 is 1.83 bits per heavy atom. The Kier molecular flexibility index (Phi) is 7.97. The van der Waals surface area contributed by atoms with E-state index in [-0.39, 0.29) is 29.8 Å². The Labute approximate surface area is 172 Å². The summed E-state index contributed by atoms with van der Waals surface area (Å²) in [6, 6.07) is 14.8. The van der Waals surface area contributed by atoms with Gasteiger partial charge >= 0.3 is 0 Å². The van der Waals surface area contributed by atoms with E-state index in [9.17, 15) is 25.3 Å². The van der Waals surface area contributed by atoms with E-state index >= 15 is 0 Å². The molecule has 10 heteroatoms. The second kappa shape index (κ2) is 10.9. The summed E-state index contributed by atoms with van der Waals surface area (Å²) in [6.07, 6.45) is 0.606.